The fourth-order valence-electron chi connectivity index (χ4n) is 3.56. The van der Waals surface area contributed by atoms with Crippen molar-refractivity contribution in [1.29, 1.82) is 0 Å². The van der Waals surface area contributed by atoms with Crippen LogP contribution in [0.4, 0.5) is 0 Å². The van der Waals surface area contributed by atoms with Crippen LogP contribution in [0.2, 0.25) is 0 Å². The van der Waals surface area contributed by atoms with Crippen molar-refractivity contribution in [2.75, 3.05) is 32.8 Å². The monoisotopic (exact) mass is 351 g/mol. The third-order valence-corrected chi connectivity index (χ3v) is 5.29. The quantitative estimate of drug-likeness (QED) is 0.804. The average Bonchev–Trinajstić information content (AvgIpc) is 3.01. The minimum atomic E-state index is -0.0861. The van der Waals surface area contributed by atoms with Gasteiger partial charge in [0.15, 0.2) is 5.82 Å². The van der Waals surface area contributed by atoms with E-state index in [0.717, 1.165) is 64.2 Å². The number of hydroxylamine groups is 2. The van der Waals surface area contributed by atoms with E-state index in [1.807, 2.05) is 21.6 Å². The van der Waals surface area contributed by atoms with Crippen molar-refractivity contribution in [1.82, 2.24) is 24.7 Å². The lowest BCUT2D eigenvalue weighted by Gasteiger charge is -2.33. The zero-order valence-electron chi connectivity index (χ0n) is 15.1. The number of rotatable bonds is 6. The van der Waals surface area contributed by atoms with Gasteiger partial charge in [0, 0.05) is 46.1 Å². The fourth-order valence-corrected chi connectivity index (χ4v) is 3.56. The van der Waals surface area contributed by atoms with E-state index in [-0.39, 0.29) is 12.5 Å². The Morgan fingerprint density at radius 3 is 2.60 bits per heavy atom. The third kappa shape index (κ3) is 4.77. The molecule has 2 aliphatic heterocycles. The Kier molecular flexibility index (Phi) is 6.39. The molecule has 2 fully saturated rings. The van der Waals surface area contributed by atoms with Crippen molar-refractivity contribution in [2.24, 2.45) is 13.0 Å². The summed E-state index contributed by atoms with van der Waals surface area (Å²) in [5.41, 5.74) is 0. The van der Waals surface area contributed by atoms with Crippen LogP contribution in [0.15, 0.2) is 0 Å². The van der Waals surface area contributed by atoms with Gasteiger partial charge in [-0.1, -0.05) is 0 Å². The highest BCUT2D eigenvalue weighted by atomic mass is 16.7. The molecule has 8 nitrogen and oxygen atoms in total. The minimum Gasteiger partial charge on any atom is -0.388 e. The van der Waals surface area contributed by atoms with Crippen LogP contribution in [0.25, 0.3) is 0 Å². The van der Waals surface area contributed by atoms with Crippen molar-refractivity contribution in [3.8, 4) is 0 Å². The Morgan fingerprint density at radius 2 is 1.96 bits per heavy atom. The van der Waals surface area contributed by atoms with Crippen LogP contribution in [0.5, 0.6) is 0 Å². The lowest BCUT2D eigenvalue weighted by Crippen LogP contribution is -2.41. The zero-order chi connectivity index (χ0) is 17.6. The number of amides is 1. The van der Waals surface area contributed by atoms with Gasteiger partial charge in [-0.05, 0) is 31.6 Å². The summed E-state index contributed by atoms with van der Waals surface area (Å²) in [6.45, 7) is 3.95. The molecule has 0 aromatic carbocycles. The van der Waals surface area contributed by atoms with Crippen molar-refractivity contribution in [2.45, 2.75) is 45.1 Å². The second kappa shape index (κ2) is 8.73. The van der Waals surface area contributed by atoms with E-state index in [9.17, 15) is 9.90 Å². The normalized spacial score (nSPS) is 20.2. The number of carbonyl (C=O) groups excluding carboxylic acids is 1. The molecule has 1 N–H and O–H groups in total. The molecule has 3 heterocycles. The molecule has 0 unspecified atom stereocenters. The highest BCUT2D eigenvalue weighted by molar-refractivity contribution is 5.76. The molecule has 1 aromatic heterocycles. The van der Waals surface area contributed by atoms with E-state index in [1.165, 1.54) is 0 Å². The van der Waals surface area contributed by atoms with Crippen LogP contribution in [0.3, 0.4) is 0 Å². The first-order chi connectivity index (χ1) is 12.2. The summed E-state index contributed by atoms with van der Waals surface area (Å²) in [5.74, 6) is 2.26. The standard InChI is InChI=1S/C17H29N5O3/c1-20-15(18-19-16(20)13-23)12-14-4-8-21(9-5-14)17(24)6-10-22-7-2-3-11-25-22/h14,23H,2-13H2,1H3. The van der Waals surface area contributed by atoms with Crippen molar-refractivity contribution < 1.29 is 14.7 Å². The summed E-state index contributed by atoms with van der Waals surface area (Å²) in [7, 11) is 1.89. The maximum absolute atomic E-state index is 12.4. The Hall–Kier alpha value is -1.51. The molecule has 0 spiro atoms. The molecular weight excluding hydrogens is 322 g/mol. The van der Waals surface area contributed by atoms with Gasteiger partial charge in [-0.3, -0.25) is 9.63 Å². The Bertz CT molecular complexity index is 563. The van der Waals surface area contributed by atoms with Crippen LogP contribution in [0.1, 0.15) is 43.8 Å². The maximum Gasteiger partial charge on any atom is 0.223 e. The summed E-state index contributed by atoms with van der Waals surface area (Å²) in [4.78, 5) is 19.9. The summed E-state index contributed by atoms with van der Waals surface area (Å²) in [6, 6.07) is 0. The summed E-state index contributed by atoms with van der Waals surface area (Å²) in [5, 5.41) is 19.3. The number of aromatic nitrogens is 3. The molecule has 0 aliphatic carbocycles. The number of hydrogen-bond donors (Lipinski definition) is 1. The summed E-state index contributed by atoms with van der Waals surface area (Å²) < 4.78 is 1.87. The van der Waals surface area contributed by atoms with Crippen LogP contribution >= 0.6 is 0 Å². The Labute approximate surface area is 148 Å². The SMILES string of the molecule is Cn1c(CO)nnc1CC1CCN(C(=O)CCN2CCCCO2)CC1. The fraction of sp³-hybridized carbons (Fsp3) is 0.824. The minimum absolute atomic E-state index is 0.0861. The smallest absolute Gasteiger partial charge is 0.223 e. The van der Waals surface area contributed by atoms with Crippen molar-refractivity contribution in [3.05, 3.63) is 11.6 Å². The number of likely N-dealkylation sites (tertiary alicyclic amines) is 1. The highest BCUT2D eigenvalue weighted by Gasteiger charge is 2.25. The molecule has 25 heavy (non-hydrogen) atoms. The second-order valence-corrected chi connectivity index (χ2v) is 7.00. The van der Waals surface area contributed by atoms with E-state index >= 15 is 0 Å². The number of aliphatic hydroxyl groups excluding tert-OH is 1. The molecular formula is C17H29N5O3. The first-order valence-corrected chi connectivity index (χ1v) is 9.31. The molecule has 1 amide bonds. The predicted molar refractivity (Wildman–Crippen MR) is 91.3 cm³/mol. The van der Waals surface area contributed by atoms with E-state index in [1.54, 1.807) is 0 Å². The lowest BCUT2D eigenvalue weighted by molar-refractivity contribution is -0.182. The average molecular weight is 351 g/mol. The summed E-state index contributed by atoms with van der Waals surface area (Å²) >= 11 is 0. The Morgan fingerprint density at radius 1 is 1.20 bits per heavy atom. The van der Waals surface area contributed by atoms with E-state index in [2.05, 4.69) is 10.2 Å². The molecule has 1 aromatic rings. The predicted octanol–water partition coefficient (Wildman–Crippen LogP) is 0.506. The van der Waals surface area contributed by atoms with Gasteiger partial charge in [0.25, 0.3) is 0 Å². The number of carbonyl (C=O) groups is 1. The molecule has 0 atom stereocenters. The lowest BCUT2D eigenvalue weighted by atomic mass is 9.93. The topological polar surface area (TPSA) is 83.7 Å². The molecule has 0 radical (unpaired) electrons. The first kappa shape index (κ1) is 18.3. The molecule has 140 valence electrons. The number of hydrogen-bond acceptors (Lipinski definition) is 6. The van der Waals surface area contributed by atoms with Gasteiger partial charge >= 0.3 is 0 Å². The van der Waals surface area contributed by atoms with Crippen molar-refractivity contribution in [3.63, 3.8) is 0 Å². The zero-order valence-corrected chi connectivity index (χ0v) is 15.1. The molecule has 3 rings (SSSR count). The van der Waals surface area contributed by atoms with E-state index in [0.29, 0.717) is 24.7 Å². The van der Waals surface area contributed by atoms with E-state index in [4.69, 9.17) is 4.84 Å². The second-order valence-electron chi connectivity index (χ2n) is 7.00. The van der Waals surface area contributed by atoms with Gasteiger partial charge < -0.3 is 14.6 Å². The van der Waals surface area contributed by atoms with Crippen LogP contribution in [-0.4, -0.2) is 68.5 Å². The van der Waals surface area contributed by atoms with Gasteiger partial charge in [-0.2, -0.15) is 5.06 Å². The molecule has 8 heteroatoms. The largest absolute Gasteiger partial charge is 0.388 e. The van der Waals surface area contributed by atoms with Crippen molar-refractivity contribution >= 4 is 5.91 Å². The summed E-state index contributed by atoms with van der Waals surface area (Å²) in [6.07, 6.45) is 5.64. The van der Waals surface area contributed by atoms with E-state index < -0.39 is 0 Å². The van der Waals surface area contributed by atoms with Crippen LogP contribution in [-0.2, 0) is 29.7 Å². The molecule has 2 saturated heterocycles. The first-order valence-electron chi connectivity index (χ1n) is 9.31. The van der Waals surface area contributed by atoms with Gasteiger partial charge in [0.05, 0.1) is 6.61 Å². The van der Waals surface area contributed by atoms with Gasteiger partial charge in [-0.25, -0.2) is 0 Å². The van der Waals surface area contributed by atoms with Gasteiger partial charge in [0.2, 0.25) is 5.91 Å². The molecule has 2 aliphatic rings. The third-order valence-electron chi connectivity index (χ3n) is 5.29. The molecule has 0 saturated carbocycles. The maximum atomic E-state index is 12.4. The number of aliphatic hydroxyl groups is 1. The molecule has 0 bridgehead atoms. The van der Waals surface area contributed by atoms with Gasteiger partial charge in [0.1, 0.15) is 12.4 Å². The number of nitrogens with zero attached hydrogens (tertiary/aromatic N) is 5. The Balaban J connectivity index is 1.40. The van der Waals surface area contributed by atoms with Gasteiger partial charge in [-0.15, -0.1) is 10.2 Å². The van der Waals surface area contributed by atoms with Crippen LogP contribution < -0.4 is 0 Å². The highest BCUT2D eigenvalue weighted by Crippen LogP contribution is 2.21. The number of piperidine rings is 1. The van der Waals surface area contributed by atoms with Crippen LogP contribution in [0, 0.1) is 5.92 Å².